The Morgan fingerprint density at radius 1 is 1.17 bits per heavy atom. The first kappa shape index (κ1) is 21.2. The number of aromatic nitrogens is 2. The lowest BCUT2D eigenvalue weighted by Crippen LogP contribution is -2.17. The van der Waals surface area contributed by atoms with E-state index in [2.05, 4.69) is 31.2 Å². The third kappa shape index (κ3) is 4.89. The molecular formula is C22H26N4O4. The minimum absolute atomic E-state index is 0.000911. The Hall–Kier alpha value is -3.55. The number of anilines is 1. The van der Waals surface area contributed by atoms with Crippen LogP contribution in [0.2, 0.25) is 0 Å². The zero-order valence-electron chi connectivity index (χ0n) is 17.6. The van der Waals surface area contributed by atoms with Crippen molar-refractivity contribution in [1.29, 1.82) is 0 Å². The first-order valence-corrected chi connectivity index (χ1v) is 9.68. The number of benzene rings is 1. The highest BCUT2D eigenvalue weighted by molar-refractivity contribution is 6.06. The highest BCUT2D eigenvalue weighted by Crippen LogP contribution is 2.25. The summed E-state index contributed by atoms with van der Waals surface area (Å²) >= 11 is 0. The predicted molar refractivity (Wildman–Crippen MR) is 113 cm³/mol. The molecule has 0 bridgehead atoms. The standard InChI is InChI=1S/C22H26N4O4/c1-5-26-12-17(19(25-26)20(23)27)24-21(28)18-11-10-16(30-18)13-29-15-8-6-14(7-9-15)22(2,3)4/h6-12H,5,13H2,1-4H3,(H2,23,27)(H,24,28). The Bertz CT molecular complexity index is 1040. The molecule has 0 saturated heterocycles. The van der Waals surface area contributed by atoms with Crippen molar-refractivity contribution in [2.24, 2.45) is 5.73 Å². The molecule has 2 amide bonds. The van der Waals surface area contributed by atoms with Crippen molar-refractivity contribution < 1.29 is 18.7 Å². The molecule has 158 valence electrons. The van der Waals surface area contributed by atoms with Gasteiger partial charge in [0.1, 0.15) is 18.1 Å². The third-order valence-corrected chi connectivity index (χ3v) is 4.55. The van der Waals surface area contributed by atoms with Crippen LogP contribution in [0.3, 0.4) is 0 Å². The summed E-state index contributed by atoms with van der Waals surface area (Å²) < 4.78 is 12.8. The maximum absolute atomic E-state index is 12.5. The SMILES string of the molecule is CCn1cc(NC(=O)c2ccc(COc3ccc(C(C)(C)C)cc3)o2)c(C(N)=O)n1. The molecule has 0 fully saturated rings. The summed E-state index contributed by atoms with van der Waals surface area (Å²) in [6, 6.07) is 11.1. The van der Waals surface area contributed by atoms with Crippen LogP contribution in [0.25, 0.3) is 0 Å². The summed E-state index contributed by atoms with van der Waals surface area (Å²) in [6.07, 6.45) is 1.55. The van der Waals surface area contributed by atoms with Gasteiger partial charge in [-0.05, 0) is 42.2 Å². The first-order chi connectivity index (χ1) is 14.2. The zero-order chi connectivity index (χ0) is 21.9. The molecule has 0 saturated carbocycles. The number of furan rings is 1. The molecule has 1 aromatic carbocycles. The molecule has 0 aliphatic carbocycles. The number of amides is 2. The Kier molecular flexibility index (Phi) is 5.96. The molecule has 0 atom stereocenters. The van der Waals surface area contributed by atoms with Gasteiger partial charge in [0.25, 0.3) is 11.8 Å². The smallest absolute Gasteiger partial charge is 0.291 e. The Balaban J connectivity index is 1.63. The fourth-order valence-corrected chi connectivity index (χ4v) is 2.82. The maximum atomic E-state index is 12.5. The monoisotopic (exact) mass is 410 g/mol. The first-order valence-electron chi connectivity index (χ1n) is 9.68. The minimum Gasteiger partial charge on any atom is -0.486 e. The molecule has 8 nitrogen and oxygen atoms in total. The molecule has 3 aromatic rings. The van der Waals surface area contributed by atoms with Crippen LogP contribution < -0.4 is 15.8 Å². The van der Waals surface area contributed by atoms with E-state index in [0.717, 1.165) is 0 Å². The van der Waals surface area contributed by atoms with Crippen LogP contribution >= 0.6 is 0 Å². The summed E-state index contributed by atoms with van der Waals surface area (Å²) in [5, 5.41) is 6.65. The Morgan fingerprint density at radius 3 is 2.47 bits per heavy atom. The second-order valence-electron chi connectivity index (χ2n) is 7.89. The molecule has 0 spiro atoms. The number of hydrogen-bond acceptors (Lipinski definition) is 5. The molecule has 0 radical (unpaired) electrons. The lowest BCUT2D eigenvalue weighted by Gasteiger charge is -2.19. The number of nitrogens with two attached hydrogens (primary N) is 1. The molecule has 0 aliphatic rings. The summed E-state index contributed by atoms with van der Waals surface area (Å²) in [4.78, 5) is 24.0. The quantitative estimate of drug-likeness (QED) is 0.616. The van der Waals surface area contributed by atoms with Crippen molar-refractivity contribution in [1.82, 2.24) is 9.78 Å². The number of nitrogens with one attached hydrogen (secondary N) is 1. The van der Waals surface area contributed by atoms with Crippen molar-refractivity contribution in [3.8, 4) is 5.75 Å². The molecule has 3 rings (SSSR count). The van der Waals surface area contributed by atoms with Gasteiger partial charge in [-0.25, -0.2) is 0 Å². The lowest BCUT2D eigenvalue weighted by atomic mass is 9.87. The number of hydrogen-bond donors (Lipinski definition) is 2. The van der Waals surface area contributed by atoms with Crippen molar-refractivity contribution >= 4 is 17.5 Å². The van der Waals surface area contributed by atoms with Crippen LogP contribution in [0, 0.1) is 0 Å². The maximum Gasteiger partial charge on any atom is 0.291 e. The van der Waals surface area contributed by atoms with E-state index in [4.69, 9.17) is 14.9 Å². The van der Waals surface area contributed by atoms with Crippen LogP contribution in [0.5, 0.6) is 5.75 Å². The van der Waals surface area contributed by atoms with E-state index in [0.29, 0.717) is 18.1 Å². The molecule has 2 aromatic heterocycles. The lowest BCUT2D eigenvalue weighted by molar-refractivity contribution is 0.0992. The van der Waals surface area contributed by atoms with E-state index in [1.807, 2.05) is 31.2 Å². The predicted octanol–water partition coefficient (Wildman–Crippen LogP) is 3.72. The molecule has 3 N–H and O–H groups in total. The number of primary amides is 1. The average Bonchev–Trinajstić information content (AvgIpc) is 3.33. The Labute approximate surface area is 175 Å². The van der Waals surface area contributed by atoms with Crippen LogP contribution in [0.1, 0.15) is 60.1 Å². The summed E-state index contributed by atoms with van der Waals surface area (Å²) in [5.74, 6) is 0.0803. The van der Waals surface area contributed by atoms with Crippen molar-refractivity contribution in [3.63, 3.8) is 0 Å². The van der Waals surface area contributed by atoms with E-state index in [9.17, 15) is 9.59 Å². The normalized spacial score (nSPS) is 11.3. The summed E-state index contributed by atoms with van der Waals surface area (Å²) in [7, 11) is 0. The molecule has 0 aliphatic heterocycles. The minimum atomic E-state index is -0.719. The van der Waals surface area contributed by atoms with Gasteiger partial charge < -0.3 is 20.2 Å². The van der Waals surface area contributed by atoms with E-state index in [1.54, 1.807) is 18.3 Å². The topological polar surface area (TPSA) is 112 Å². The number of ether oxygens (including phenoxy) is 1. The van der Waals surface area contributed by atoms with Crippen molar-refractivity contribution in [2.45, 2.75) is 46.3 Å². The van der Waals surface area contributed by atoms with Crippen molar-refractivity contribution in [2.75, 3.05) is 5.32 Å². The van der Waals surface area contributed by atoms with Crippen molar-refractivity contribution in [3.05, 3.63) is 65.4 Å². The highest BCUT2D eigenvalue weighted by Gasteiger charge is 2.19. The van der Waals surface area contributed by atoms with E-state index in [-0.39, 0.29) is 29.2 Å². The number of carbonyl (C=O) groups excluding carboxylic acids is 2. The number of carbonyl (C=O) groups is 2. The average molecular weight is 410 g/mol. The molecule has 2 heterocycles. The third-order valence-electron chi connectivity index (χ3n) is 4.55. The highest BCUT2D eigenvalue weighted by atomic mass is 16.5. The number of nitrogens with zero attached hydrogens (tertiary/aromatic N) is 2. The van der Waals surface area contributed by atoms with E-state index < -0.39 is 11.8 Å². The Morgan fingerprint density at radius 2 is 1.87 bits per heavy atom. The van der Waals surface area contributed by atoms with E-state index >= 15 is 0 Å². The summed E-state index contributed by atoms with van der Waals surface area (Å²) in [5.41, 5.74) is 6.85. The second-order valence-corrected chi connectivity index (χ2v) is 7.89. The fourth-order valence-electron chi connectivity index (χ4n) is 2.82. The van der Waals surface area contributed by atoms with Gasteiger partial charge in [-0.3, -0.25) is 14.3 Å². The van der Waals surface area contributed by atoms with Crippen LogP contribution in [0.4, 0.5) is 5.69 Å². The number of aryl methyl sites for hydroxylation is 1. The van der Waals surface area contributed by atoms with Crippen LogP contribution in [-0.2, 0) is 18.6 Å². The molecular weight excluding hydrogens is 384 g/mol. The molecule has 0 unspecified atom stereocenters. The summed E-state index contributed by atoms with van der Waals surface area (Å²) in [6.45, 7) is 9.03. The largest absolute Gasteiger partial charge is 0.486 e. The van der Waals surface area contributed by atoms with Gasteiger partial charge in [-0.1, -0.05) is 32.9 Å². The zero-order valence-corrected chi connectivity index (χ0v) is 17.6. The molecule has 8 heteroatoms. The van der Waals surface area contributed by atoms with Crippen LogP contribution in [-0.4, -0.2) is 21.6 Å². The second kappa shape index (κ2) is 8.44. The van der Waals surface area contributed by atoms with Gasteiger partial charge in [-0.15, -0.1) is 0 Å². The van der Waals surface area contributed by atoms with Gasteiger partial charge in [0, 0.05) is 12.7 Å². The van der Waals surface area contributed by atoms with Gasteiger partial charge in [0.05, 0.1) is 5.69 Å². The number of rotatable bonds is 7. The van der Waals surface area contributed by atoms with Gasteiger partial charge in [0.15, 0.2) is 11.5 Å². The van der Waals surface area contributed by atoms with Crippen LogP contribution in [0.15, 0.2) is 47.0 Å². The van der Waals surface area contributed by atoms with Gasteiger partial charge in [0.2, 0.25) is 0 Å². The van der Waals surface area contributed by atoms with Gasteiger partial charge >= 0.3 is 0 Å². The fraction of sp³-hybridized carbons (Fsp3) is 0.318. The van der Waals surface area contributed by atoms with Gasteiger partial charge in [-0.2, -0.15) is 5.10 Å². The molecule has 30 heavy (non-hydrogen) atoms. The van der Waals surface area contributed by atoms with E-state index in [1.165, 1.54) is 10.2 Å².